The van der Waals surface area contributed by atoms with Crippen LogP contribution in [0.15, 0.2) is 53.4 Å². The lowest BCUT2D eigenvalue weighted by Gasteiger charge is -2.29. The van der Waals surface area contributed by atoms with E-state index in [1.54, 1.807) is 35.5 Å². The van der Waals surface area contributed by atoms with Gasteiger partial charge in [-0.15, -0.1) is 11.3 Å². The second-order valence-corrected chi connectivity index (χ2v) is 7.59. The number of aryl methyl sites for hydroxylation is 1. The molecule has 0 bridgehead atoms. The highest BCUT2D eigenvalue weighted by atomic mass is 32.1. The molecule has 7 heteroatoms. The molecule has 0 fully saturated rings. The van der Waals surface area contributed by atoms with Gasteiger partial charge in [0.05, 0.1) is 11.2 Å². The summed E-state index contributed by atoms with van der Waals surface area (Å²) in [6, 6.07) is 12.8. The maximum absolute atomic E-state index is 12.7. The number of amides is 2. The van der Waals surface area contributed by atoms with Gasteiger partial charge in [-0.2, -0.15) is 0 Å². The Morgan fingerprint density at radius 1 is 1.24 bits per heavy atom. The molecule has 148 valence electrons. The summed E-state index contributed by atoms with van der Waals surface area (Å²) >= 11 is 1.52. The van der Waals surface area contributed by atoms with Crippen LogP contribution in [0.3, 0.4) is 0 Å². The van der Waals surface area contributed by atoms with Crippen LogP contribution >= 0.6 is 11.3 Å². The molecule has 0 atom stereocenters. The standard InChI is InChI=1S/C22H21N3O3S/c1-15(26)25-9-3-5-16-10-18(7-8-21(16)25)24-22(27)17-4-2-6-20(11-17)28-12-19-13-29-14-23-19/h2,4,6-8,10-11,13-14H,3,5,9,12H2,1H3,(H,24,27). The van der Waals surface area contributed by atoms with Crippen molar-refractivity contribution in [2.45, 2.75) is 26.4 Å². The van der Waals surface area contributed by atoms with Crippen LogP contribution in [0, 0.1) is 0 Å². The van der Waals surface area contributed by atoms with Gasteiger partial charge in [0.1, 0.15) is 12.4 Å². The van der Waals surface area contributed by atoms with E-state index in [2.05, 4.69) is 10.3 Å². The molecular weight excluding hydrogens is 386 g/mol. The Morgan fingerprint density at radius 3 is 2.93 bits per heavy atom. The van der Waals surface area contributed by atoms with E-state index >= 15 is 0 Å². The lowest BCUT2D eigenvalue weighted by molar-refractivity contribution is -0.116. The first kappa shape index (κ1) is 19.1. The van der Waals surface area contributed by atoms with Crippen molar-refractivity contribution in [3.05, 3.63) is 70.2 Å². The van der Waals surface area contributed by atoms with E-state index in [4.69, 9.17) is 4.74 Å². The fraction of sp³-hybridized carbons (Fsp3) is 0.227. The lowest BCUT2D eigenvalue weighted by Crippen LogP contribution is -2.33. The van der Waals surface area contributed by atoms with E-state index < -0.39 is 0 Å². The van der Waals surface area contributed by atoms with Gasteiger partial charge in [-0.3, -0.25) is 9.59 Å². The van der Waals surface area contributed by atoms with Crippen LogP contribution in [-0.2, 0) is 17.8 Å². The molecule has 1 aliphatic rings. The Balaban J connectivity index is 1.45. The maximum atomic E-state index is 12.7. The Morgan fingerprint density at radius 2 is 2.14 bits per heavy atom. The van der Waals surface area contributed by atoms with Crippen molar-refractivity contribution in [1.29, 1.82) is 0 Å². The third-order valence-electron chi connectivity index (χ3n) is 4.80. The molecule has 0 saturated heterocycles. The number of carbonyl (C=O) groups is 2. The molecule has 3 aromatic rings. The molecule has 2 aromatic carbocycles. The van der Waals surface area contributed by atoms with Gasteiger partial charge in [0, 0.05) is 35.8 Å². The molecule has 2 heterocycles. The minimum absolute atomic E-state index is 0.0391. The first-order valence-electron chi connectivity index (χ1n) is 9.42. The summed E-state index contributed by atoms with van der Waals surface area (Å²) in [4.78, 5) is 30.5. The number of aromatic nitrogens is 1. The zero-order valence-electron chi connectivity index (χ0n) is 16.1. The number of rotatable bonds is 5. The van der Waals surface area contributed by atoms with Crippen LogP contribution in [0.1, 0.15) is 35.0 Å². The highest BCUT2D eigenvalue weighted by Gasteiger charge is 2.20. The van der Waals surface area contributed by atoms with E-state index in [1.165, 1.54) is 11.3 Å². The van der Waals surface area contributed by atoms with Gasteiger partial charge < -0.3 is 15.0 Å². The van der Waals surface area contributed by atoms with Gasteiger partial charge in [0.2, 0.25) is 5.91 Å². The summed E-state index contributed by atoms with van der Waals surface area (Å²) in [5, 5.41) is 4.87. The molecular formula is C22H21N3O3S. The topological polar surface area (TPSA) is 71.5 Å². The van der Waals surface area contributed by atoms with E-state index in [0.29, 0.717) is 23.6 Å². The molecule has 29 heavy (non-hydrogen) atoms. The van der Waals surface area contributed by atoms with Crippen molar-refractivity contribution in [2.75, 3.05) is 16.8 Å². The zero-order valence-corrected chi connectivity index (χ0v) is 16.9. The first-order chi connectivity index (χ1) is 14.1. The predicted octanol–water partition coefficient (Wildman–Crippen LogP) is 4.27. The Labute approximate surface area is 173 Å². The van der Waals surface area contributed by atoms with Gasteiger partial charge in [0.25, 0.3) is 5.91 Å². The van der Waals surface area contributed by atoms with Crippen LogP contribution in [0.5, 0.6) is 5.75 Å². The van der Waals surface area contributed by atoms with Gasteiger partial charge in [-0.1, -0.05) is 6.07 Å². The van der Waals surface area contributed by atoms with E-state index in [-0.39, 0.29) is 11.8 Å². The van der Waals surface area contributed by atoms with Crippen LogP contribution in [0.4, 0.5) is 11.4 Å². The molecule has 4 rings (SSSR count). The average molecular weight is 407 g/mol. The Bertz CT molecular complexity index is 1030. The second-order valence-electron chi connectivity index (χ2n) is 6.87. The van der Waals surface area contributed by atoms with E-state index in [1.807, 2.05) is 29.6 Å². The molecule has 1 N–H and O–H groups in total. The molecule has 0 aliphatic carbocycles. The number of anilines is 2. The summed E-state index contributed by atoms with van der Waals surface area (Å²) in [6.45, 7) is 2.68. The predicted molar refractivity (Wildman–Crippen MR) is 114 cm³/mol. The molecule has 0 radical (unpaired) electrons. The summed E-state index contributed by atoms with van der Waals surface area (Å²) in [5.74, 6) is 0.452. The summed E-state index contributed by atoms with van der Waals surface area (Å²) in [5.41, 5.74) is 5.86. The number of hydrogen-bond acceptors (Lipinski definition) is 5. The Hall–Kier alpha value is -3.19. The fourth-order valence-electron chi connectivity index (χ4n) is 3.40. The van der Waals surface area contributed by atoms with Crippen LogP contribution in [-0.4, -0.2) is 23.3 Å². The second kappa shape index (κ2) is 8.45. The minimum atomic E-state index is -0.205. The van der Waals surface area contributed by atoms with Crippen molar-refractivity contribution in [3.8, 4) is 5.75 Å². The van der Waals surface area contributed by atoms with Crippen molar-refractivity contribution >= 4 is 34.5 Å². The van der Waals surface area contributed by atoms with Gasteiger partial charge in [0.15, 0.2) is 0 Å². The number of nitrogens with one attached hydrogen (secondary N) is 1. The molecule has 6 nitrogen and oxygen atoms in total. The van der Waals surface area contributed by atoms with Gasteiger partial charge in [-0.25, -0.2) is 4.98 Å². The number of benzene rings is 2. The van der Waals surface area contributed by atoms with Crippen LogP contribution in [0.25, 0.3) is 0 Å². The van der Waals surface area contributed by atoms with Crippen LogP contribution in [0.2, 0.25) is 0 Å². The minimum Gasteiger partial charge on any atom is -0.487 e. The monoisotopic (exact) mass is 407 g/mol. The fourth-order valence-corrected chi connectivity index (χ4v) is 3.94. The Kier molecular flexibility index (Phi) is 5.57. The van der Waals surface area contributed by atoms with Gasteiger partial charge in [-0.05, 0) is 54.8 Å². The van der Waals surface area contributed by atoms with Gasteiger partial charge >= 0.3 is 0 Å². The largest absolute Gasteiger partial charge is 0.487 e. The highest BCUT2D eigenvalue weighted by Crippen LogP contribution is 2.30. The first-order valence-corrected chi connectivity index (χ1v) is 10.4. The number of thiazole rings is 1. The number of hydrogen-bond donors (Lipinski definition) is 1. The number of ether oxygens (including phenoxy) is 1. The number of carbonyl (C=O) groups excluding carboxylic acids is 2. The van der Waals surface area contributed by atoms with Crippen LogP contribution < -0.4 is 15.0 Å². The lowest BCUT2D eigenvalue weighted by atomic mass is 10.0. The third-order valence-corrected chi connectivity index (χ3v) is 5.44. The van der Waals surface area contributed by atoms with E-state index in [0.717, 1.165) is 36.3 Å². The SMILES string of the molecule is CC(=O)N1CCCc2cc(NC(=O)c3cccc(OCc4cscn4)c3)ccc21. The average Bonchev–Trinajstić information content (AvgIpc) is 3.25. The van der Waals surface area contributed by atoms with Crippen molar-refractivity contribution in [1.82, 2.24) is 4.98 Å². The zero-order chi connectivity index (χ0) is 20.2. The molecule has 1 aliphatic heterocycles. The highest BCUT2D eigenvalue weighted by molar-refractivity contribution is 7.07. The molecule has 0 unspecified atom stereocenters. The molecule has 0 saturated carbocycles. The molecule has 0 spiro atoms. The number of nitrogens with zero attached hydrogens (tertiary/aromatic N) is 2. The van der Waals surface area contributed by atoms with Crippen molar-refractivity contribution in [3.63, 3.8) is 0 Å². The quantitative estimate of drug-likeness (QED) is 0.685. The third kappa shape index (κ3) is 4.46. The molecule has 1 aromatic heterocycles. The summed E-state index contributed by atoms with van der Waals surface area (Å²) in [6.07, 6.45) is 1.81. The normalized spacial score (nSPS) is 12.9. The molecule has 2 amide bonds. The van der Waals surface area contributed by atoms with Crippen molar-refractivity contribution in [2.24, 2.45) is 0 Å². The number of fused-ring (bicyclic) bond motifs is 1. The summed E-state index contributed by atoms with van der Waals surface area (Å²) in [7, 11) is 0. The van der Waals surface area contributed by atoms with E-state index in [9.17, 15) is 9.59 Å². The summed E-state index contributed by atoms with van der Waals surface area (Å²) < 4.78 is 5.73. The van der Waals surface area contributed by atoms with Crippen molar-refractivity contribution < 1.29 is 14.3 Å². The smallest absolute Gasteiger partial charge is 0.255 e. The maximum Gasteiger partial charge on any atom is 0.255 e.